The van der Waals surface area contributed by atoms with E-state index in [0.717, 1.165) is 43.0 Å². The van der Waals surface area contributed by atoms with Gasteiger partial charge < -0.3 is 15.1 Å². The van der Waals surface area contributed by atoms with Gasteiger partial charge in [0.1, 0.15) is 11.6 Å². The average Bonchev–Trinajstić information content (AvgIpc) is 2.71. The molecule has 1 amide bonds. The van der Waals surface area contributed by atoms with Crippen LogP contribution in [-0.2, 0) is 4.79 Å². The number of piperazine rings is 1. The molecule has 3 rings (SSSR count). The van der Waals surface area contributed by atoms with Crippen LogP contribution < -0.4 is 10.2 Å². The number of benzene rings is 2. The van der Waals surface area contributed by atoms with Crippen LogP contribution in [0.15, 0.2) is 48.2 Å². The van der Waals surface area contributed by atoms with E-state index in [1.165, 1.54) is 16.8 Å². The first-order valence-corrected chi connectivity index (χ1v) is 9.95. The molecule has 0 radical (unpaired) electrons. The first kappa shape index (κ1) is 20.5. The number of hydrogen-bond acceptors (Lipinski definition) is 4. The molecule has 5 nitrogen and oxygen atoms in total. The third-order valence-electron chi connectivity index (χ3n) is 5.54. The highest BCUT2D eigenvalue weighted by Gasteiger charge is 2.19. The van der Waals surface area contributed by atoms with E-state index in [1.807, 2.05) is 32.0 Å². The van der Waals surface area contributed by atoms with E-state index in [0.29, 0.717) is 0 Å². The van der Waals surface area contributed by atoms with Crippen LogP contribution in [0.1, 0.15) is 22.3 Å². The molecule has 29 heavy (non-hydrogen) atoms. The second-order valence-electron chi connectivity index (χ2n) is 7.67. The summed E-state index contributed by atoms with van der Waals surface area (Å²) in [6.45, 7) is 11.5. The van der Waals surface area contributed by atoms with Crippen molar-refractivity contribution in [3.63, 3.8) is 0 Å². The summed E-state index contributed by atoms with van der Waals surface area (Å²) in [5.41, 5.74) is 6.85. The summed E-state index contributed by atoms with van der Waals surface area (Å²) in [4.78, 5) is 17.0. The maximum atomic E-state index is 12.6. The van der Waals surface area contributed by atoms with Crippen molar-refractivity contribution >= 4 is 17.3 Å². The van der Waals surface area contributed by atoms with Crippen LogP contribution >= 0.6 is 0 Å². The van der Waals surface area contributed by atoms with Crippen LogP contribution in [0.3, 0.4) is 0 Å². The van der Waals surface area contributed by atoms with E-state index in [4.69, 9.17) is 0 Å². The van der Waals surface area contributed by atoms with Crippen LogP contribution in [0, 0.1) is 39.0 Å². The molecule has 1 heterocycles. The molecular formula is C24H28N4O. The first-order chi connectivity index (χ1) is 13.9. The van der Waals surface area contributed by atoms with Gasteiger partial charge in [0.2, 0.25) is 0 Å². The zero-order valence-electron chi connectivity index (χ0n) is 17.6. The molecule has 2 aromatic rings. The summed E-state index contributed by atoms with van der Waals surface area (Å²) in [6.07, 6.45) is 1.69. The van der Waals surface area contributed by atoms with E-state index in [-0.39, 0.29) is 11.5 Å². The van der Waals surface area contributed by atoms with Crippen LogP contribution in [0.4, 0.5) is 11.4 Å². The van der Waals surface area contributed by atoms with Crippen molar-refractivity contribution in [3.05, 3.63) is 70.4 Å². The molecular weight excluding hydrogens is 360 g/mol. The molecule has 1 aliphatic heterocycles. The molecule has 150 valence electrons. The number of carbonyl (C=O) groups excluding carboxylic acids is 1. The monoisotopic (exact) mass is 388 g/mol. The highest BCUT2D eigenvalue weighted by atomic mass is 16.1. The van der Waals surface area contributed by atoms with Gasteiger partial charge in [-0.15, -0.1) is 0 Å². The van der Waals surface area contributed by atoms with Gasteiger partial charge in [0.25, 0.3) is 5.91 Å². The molecule has 0 unspecified atom stereocenters. The Morgan fingerprint density at radius 3 is 2.41 bits per heavy atom. The van der Waals surface area contributed by atoms with Gasteiger partial charge in [-0.05, 0) is 56.5 Å². The molecule has 0 aromatic heterocycles. The second kappa shape index (κ2) is 8.83. The smallest absolute Gasteiger partial charge is 0.267 e. The molecule has 1 fully saturated rings. The second-order valence-corrected chi connectivity index (χ2v) is 7.67. The minimum Gasteiger partial charge on any atom is -0.373 e. The number of aryl methyl sites for hydroxylation is 3. The Morgan fingerprint density at radius 2 is 1.76 bits per heavy atom. The van der Waals surface area contributed by atoms with Gasteiger partial charge in [0, 0.05) is 43.8 Å². The largest absolute Gasteiger partial charge is 0.373 e. The molecule has 0 saturated carbocycles. The number of anilines is 2. The highest BCUT2D eigenvalue weighted by Crippen LogP contribution is 2.24. The number of nitrogens with one attached hydrogen (secondary N) is 1. The summed E-state index contributed by atoms with van der Waals surface area (Å²) in [7, 11) is 0. The number of rotatable bonds is 4. The van der Waals surface area contributed by atoms with E-state index < -0.39 is 0 Å². The SMILES string of the molecule is Cc1ccc(NC(=O)/C(C#N)=C\N2CCN(c3cccc(C)c3C)CC2)c(C)c1. The molecule has 1 saturated heterocycles. The van der Waals surface area contributed by atoms with Crippen LogP contribution in [-0.4, -0.2) is 37.0 Å². The summed E-state index contributed by atoms with van der Waals surface area (Å²) in [5, 5.41) is 12.4. The number of nitriles is 1. The quantitative estimate of drug-likeness (QED) is 0.633. The molecule has 2 aromatic carbocycles. The summed E-state index contributed by atoms with van der Waals surface area (Å²) >= 11 is 0. The predicted octanol–water partition coefficient (Wildman–Crippen LogP) is 4.09. The van der Waals surface area contributed by atoms with Gasteiger partial charge in [-0.2, -0.15) is 5.26 Å². The lowest BCUT2D eigenvalue weighted by Gasteiger charge is -2.36. The van der Waals surface area contributed by atoms with Gasteiger partial charge in [-0.3, -0.25) is 4.79 Å². The van der Waals surface area contributed by atoms with Crippen molar-refractivity contribution in [2.24, 2.45) is 0 Å². The highest BCUT2D eigenvalue weighted by molar-refractivity contribution is 6.06. The number of amides is 1. The van der Waals surface area contributed by atoms with Crippen molar-refractivity contribution in [2.45, 2.75) is 27.7 Å². The summed E-state index contributed by atoms with van der Waals surface area (Å²) in [5.74, 6) is -0.364. The molecule has 1 N–H and O–H groups in total. The Balaban J connectivity index is 1.65. The Morgan fingerprint density at radius 1 is 1.03 bits per heavy atom. The number of carbonyl (C=O) groups is 1. The lowest BCUT2D eigenvalue weighted by atomic mass is 10.1. The molecule has 0 bridgehead atoms. The Hall–Kier alpha value is -3.26. The van der Waals surface area contributed by atoms with Gasteiger partial charge in [0.05, 0.1) is 0 Å². The van der Waals surface area contributed by atoms with E-state index >= 15 is 0 Å². The Labute approximate surface area is 173 Å². The molecule has 0 spiro atoms. The van der Waals surface area contributed by atoms with Crippen LogP contribution in [0.2, 0.25) is 0 Å². The van der Waals surface area contributed by atoms with Crippen LogP contribution in [0.25, 0.3) is 0 Å². The summed E-state index contributed by atoms with van der Waals surface area (Å²) in [6, 6.07) is 14.3. The first-order valence-electron chi connectivity index (χ1n) is 9.95. The lowest BCUT2D eigenvalue weighted by molar-refractivity contribution is -0.112. The van der Waals surface area contributed by atoms with Crippen molar-refractivity contribution in [2.75, 3.05) is 36.4 Å². The average molecular weight is 389 g/mol. The van der Waals surface area contributed by atoms with Crippen molar-refractivity contribution in [1.29, 1.82) is 5.26 Å². The summed E-state index contributed by atoms with van der Waals surface area (Å²) < 4.78 is 0. The normalized spacial score (nSPS) is 14.5. The number of nitrogens with zero attached hydrogens (tertiary/aromatic N) is 3. The zero-order chi connectivity index (χ0) is 21.0. The van der Waals surface area contributed by atoms with Crippen molar-refractivity contribution in [1.82, 2.24) is 4.90 Å². The van der Waals surface area contributed by atoms with Gasteiger partial charge >= 0.3 is 0 Å². The zero-order valence-corrected chi connectivity index (χ0v) is 17.6. The topological polar surface area (TPSA) is 59.4 Å². The molecule has 1 aliphatic rings. The van der Waals surface area contributed by atoms with E-state index in [9.17, 15) is 10.1 Å². The fraction of sp³-hybridized carbons (Fsp3) is 0.333. The predicted molar refractivity (Wildman–Crippen MR) is 118 cm³/mol. The third kappa shape index (κ3) is 4.78. The van der Waals surface area contributed by atoms with Gasteiger partial charge in [-0.25, -0.2) is 0 Å². The third-order valence-corrected chi connectivity index (χ3v) is 5.54. The molecule has 0 aliphatic carbocycles. The van der Waals surface area contributed by atoms with Crippen molar-refractivity contribution < 1.29 is 4.79 Å². The van der Waals surface area contributed by atoms with Gasteiger partial charge in [-0.1, -0.05) is 29.8 Å². The standard InChI is InChI=1S/C24H28N4O/c1-17-8-9-22(19(3)14-17)26-24(29)21(15-25)16-27-10-12-28(13-11-27)23-7-5-6-18(2)20(23)4/h5-9,14,16H,10-13H2,1-4H3,(H,26,29)/b21-16-. The lowest BCUT2D eigenvalue weighted by Crippen LogP contribution is -2.44. The van der Waals surface area contributed by atoms with E-state index in [2.05, 4.69) is 53.2 Å². The molecule has 0 atom stereocenters. The fourth-order valence-corrected chi connectivity index (χ4v) is 3.63. The number of hydrogen-bond donors (Lipinski definition) is 1. The molecule has 5 heteroatoms. The minimum absolute atomic E-state index is 0.130. The fourth-order valence-electron chi connectivity index (χ4n) is 3.63. The van der Waals surface area contributed by atoms with Crippen molar-refractivity contribution in [3.8, 4) is 6.07 Å². The maximum absolute atomic E-state index is 12.6. The Bertz CT molecular complexity index is 979. The van der Waals surface area contributed by atoms with Crippen LogP contribution in [0.5, 0.6) is 0 Å². The maximum Gasteiger partial charge on any atom is 0.267 e. The Kier molecular flexibility index (Phi) is 6.23. The van der Waals surface area contributed by atoms with Gasteiger partial charge in [0.15, 0.2) is 0 Å². The van der Waals surface area contributed by atoms with E-state index in [1.54, 1.807) is 6.20 Å². The minimum atomic E-state index is -0.364.